The highest BCUT2D eigenvalue weighted by Gasteiger charge is 2.32. The Hall–Kier alpha value is -3.47. The van der Waals surface area contributed by atoms with Gasteiger partial charge in [-0.3, -0.25) is 9.98 Å². The highest BCUT2D eigenvalue weighted by Crippen LogP contribution is 2.36. The largest absolute Gasteiger partial charge is 0.378 e. The molecular formula is C28H29N5O2. The number of nitrogens with zero attached hydrogens (tertiary/aromatic N) is 5. The number of nitriles is 1. The van der Waals surface area contributed by atoms with Crippen LogP contribution in [0.2, 0.25) is 0 Å². The maximum absolute atomic E-state index is 9.53. The van der Waals surface area contributed by atoms with Gasteiger partial charge in [-0.25, -0.2) is 0 Å². The minimum Gasteiger partial charge on any atom is -0.378 e. The number of fused-ring (bicyclic) bond motifs is 2. The smallest absolute Gasteiger partial charge is 0.113 e. The van der Waals surface area contributed by atoms with Gasteiger partial charge in [0.1, 0.15) is 12.2 Å². The zero-order valence-electron chi connectivity index (χ0n) is 20.0. The van der Waals surface area contributed by atoms with Gasteiger partial charge in [-0.05, 0) is 56.2 Å². The van der Waals surface area contributed by atoms with Gasteiger partial charge < -0.3 is 19.3 Å². The van der Waals surface area contributed by atoms with E-state index in [2.05, 4.69) is 52.0 Å². The first kappa shape index (κ1) is 22.0. The van der Waals surface area contributed by atoms with Crippen molar-refractivity contribution in [2.45, 2.75) is 32.0 Å². The summed E-state index contributed by atoms with van der Waals surface area (Å²) in [6.07, 6.45) is 3.62. The Bertz CT molecular complexity index is 1320. The van der Waals surface area contributed by atoms with Crippen LogP contribution in [0.25, 0.3) is 10.9 Å². The number of aromatic nitrogens is 1. The fraction of sp³-hybridized carbons (Fsp3) is 0.393. The minimum atomic E-state index is -0.0682. The minimum absolute atomic E-state index is 0.0682. The third kappa shape index (κ3) is 4.13. The molecule has 2 saturated heterocycles. The molecule has 4 heterocycles. The van der Waals surface area contributed by atoms with Crippen LogP contribution in [0.1, 0.15) is 24.5 Å². The van der Waals surface area contributed by atoms with Gasteiger partial charge in [0.2, 0.25) is 0 Å². The van der Waals surface area contributed by atoms with Crippen molar-refractivity contribution in [2.24, 2.45) is 4.99 Å². The number of rotatable bonds is 3. The van der Waals surface area contributed by atoms with E-state index in [4.69, 9.17) is 14.5 Å². The Kier molecular flexibility index (Phi) is 5.85. The molecule has 0 spiro atoms. The number of benzene rings is 2. The maximum Gasteiger partial charge on any atom is 0.113 e. The normalized spacial score (nSPS) is 22.5. The summed E-state index contributed by atoms with van der Waals surface area (Å²) in [5.74, 6) is 0. The van der Waals surface area contributed by atoms with Crippen LogP contribution in [0, 0.1) is 11.3 Å². The van der Waals surface area contributed by atoms with E-state index < -0.39 is 0 Å². The van der Waals surface area contributed by atoms with E-state index in [-0.39, 0.29) is 12.2 Å². The van der Waals surface area contributed by atoms with E-state index in [1.807, 2.05) is 18.2 Å². The molecular weight excluding hydrogens is 438 g/mol. The molecule has 0 aliphatic carbocycles. The maximum atomic E-state index is 9.53. The van der Waals surface area contributed by atoms with Gasteiger partial charge in [0, 0.05) is 60.4 Å². The van der Waals surface area contributed by atoms with Crippen molar-refractivity contribution >= 4 is 33.7 Å². The van der Waals surface area contributed by atoms with Gasteiger partial charge in [-0.15, -0.1) is 0 Å². The van der Waals surface area contributed by atoms with Crippen molar-refractivity contribution in [3.05, 3.63) is 59.8 Å². The molecule has 3 aromatic rings. The number of morpholine rings is 2. The highest BCUT2D eigenvalue weighted by molar-refractivity contribution is 5.97. The van der Waals surface area contributed by atoms with Crippen LogP contribution in [0.5, 0.6) is 0 Å². The first-order chi connectivity index (χ1) is 17.2. The topological polar surface area (TPSA) is 74.0 Å². The van der Waals surface area contributed by atoms with Crippen LogP contribution in [0.4, 0.5) is 17.1 Å². The number of aliphatic imine (C=N–C) groups is 1. The zero-order valence-corrected chi connectivity index (χ0v) is 20.0. The van der Waals surface area contributed by atoms with Crippen LogP contribution in [-0.2, 0) is 15.9 Å². The Morgan fingerprint density at radius 1 is 0.971 bits per heavy atom. The van der Waals surface area contributed by atoms with Gasteiger partial charge in [-0.2, -0.15) is 5.26 Å². The van der Waals surface area contributed by atoms with Crippen molar-refractivity contribution in [1.29, 1.82) is 5.26 Å². The first-order valence-corrected chi connectivity index (χ1v) is 12.4. The zero-order chi connectivity index (χ0) is 23.8. The van der Waals surface area contributed by atoms with Crippen molar-refractivity contribution in [3.63, 3.8) is 0 Å². The number of pyridine rings is 1. The molecule has 1 aromatic heterocycles. The molecule has 0 bridgehead atoms. The van der Waals surface area contributed by atoms with Crippen molar-refractivity contribution < 1.29 is 9.47 Å². The van der Waals surface area contributed by atoms with Crippen LogP contribution in [0.3, 0.4) is 0 Å². The molecule has 0 unspecified atom stereocenters. The SMILES string of the molecule is C[C@@H]1CN(c2ccc(C#N)c3ncccc23)C[C@H](C2=Nc3cccc(N4CCOCC4)c3CC2)O1. The summed E-state index contributed by atoms with van der Waals surface area (Å²) in [6, 6.07) is 16.6. The number of anilines is 2. The fourth-order valence-corrected chi connectivity index (χ4v) is 5.58. The Labute approximate surface area is 205 Å². The lowest BCUT2D eigenvalue weighted by atomic mass is 9.95. The molecule has 35 heavy (non-hydrogen) atoms. The van der Waals surface area contributed by atoms with Crippen LogP contribution < -0.4 is 9.80 Å². The summed E-state index contributed by atoms with van der Waals surface area (Å²) in [4.78, 5) is 14.4. The van der Waals surface area contributed by atoms with E-state index >= 15 is 0 Å². The molecule has 6 rings (SSSR count). The van der Waals surface area contributed by atoms with Gasteiger partial charge in [0.25, 0.3) is 0 Å². The molecule has 0 N–H and O–H groups in total. The highest BCUT2D eigenvalue weighted by atomic mass is 16.5. The van der Waals surface area contributed by atoms with Crippen molar-refractivity contribution in [3.8, 4) is 6.07 Å². The second kappa shape index (κ2) is 9.29. The molecule has 7 nitrogen and oxygen atoms in total. The summed E-state index contributed by atoms with van der Waals surface area (Å²) in [7, 11) is 0. The van der Waals surface area contributed by atoms with Crippen LogP contribution in [0.15, 0.2) is 53.7 Å². The predicted molar refractivity (Wildman–Crippen MR) is 138 cm³/mol. The lowest BCUT2D eigenvalue weighted by Gasteiger charge is -2.40. The Morgan fingerprint density at radius 2 is 1.86 bits per heavy atom. The molecule has 0 amide bonds. The van der Waals surface area contributed by atoms with Crippen LogP contribution in [-0.4, -0.2) is 62.3 Å². The third-order valence-corrected chi connectivity index (χ3v) is 7.21. The van der Waals surface area contributed by atoms with Crippen molar-refractivity contribution in [1.82, 2.24) is 4.98 Å². The number of hydrogen-bond acceptors (Lipinski definition) is 7. The van der Waals surface area contributed by atoms with Crippen molar-refractivity contribution in [2.75, 3.05) is 49.2 Å². The monoisotopic (exact) mass is 467 g/mol. The molecule has 0 saturated carbocycles. The lowest BCUT2D eigenvalue weighted by Crippen LogP contribution is -2.50. The quantitative estimate of drug-likeness (QED) is 0.573. The fourth-order valence-electron chi connectivity index (χ4n) is 5.58. The van der Waals surface area contributed by atoms with E-state index in [9.17, 15) is 5.26 Å². The number of hydrogen-bond donors (Lipinski definition) is 0. The van der Waals surface area contributed by atoms with Gasteiger partial charge in [0.15, 0.2) is 0 Å². The second-order valence-corrected chi connectivity index (χ2v) is 9.46. The molecule has 0 radical (unpaired) electrons. The van der Waals surface area contributed by atoms with Gasteiger partial charge in [0.05, 0.1) is 36.1 Å². The lowest BCUT2D eigenvalue weighted by molar-refractivity contribution is 0.0196. The molecule has 2 atom stereocenters. The van der Waals surface area contributed by atoms with Gasteiger partial charge >= 0.3 is 0 Å². The Balaban J connectivity index is 1.30. The summed E-state index contributed by atoms with van der Waals surface area (Å²) in [5, 5.41) is 10.5. The molecule has 2 fully saturated rings. The first-order valence-electron chi connectivity index (χ1n) is 12.4. The van der Waals surface area contributed by atoms with E-state index in [0.29, 0.717) is 5.56 Å². The third-order valence-electron chi connectivity index (χ3n) is 7.21. The molecule has 7 heteroatoms. The van der Waals surface area contributed by atoms with E-state index in [1.165, 1.54) is 11.3 Å². The van der Waals surface area contributed by atoms with Gasteiger partial charge in [-0.1, -0.05) is 6.07 Å². The van der Waals surface area contributed by atoms with E-state index in [0.717, 1.165) is 80.2 Å². The molecule has 3 aliphatic rings. The van der Waals surface area contributed by atoms with Crippen LogP contribution >= 0.6 is 0 Å². The predicted octanol–water partition coefficient (Wildman–Crippen LogP) is 4.26. The molecule has 178 valence electrons. The Morgan fingerprint density at radius 3 is 2.71 bits per heavy atom. The second-order valence-electron chi connectivity index (χ2n) is 9.46. The average molecular weight is 468 g/mol. The summed E-state index contributed by atoms with van der Waals surface area (Å²) in [6.45, 7) is 7.06. The average Bonchev–Trinajstić information content (AvgIpc) is 2.92. The summed E-state index contributed by atoms with van der Waals surface area (Å²) in [5.41, 5.74) is 7.27. The number of ether oxygens (including phenoxy) is 2. The summed E-state index contributed by atoms with van der Waals surface area (Å²) < 4.78 is 12.0. The summed E-state index contributed by atoms with van der Waals surface area (Å²) >= 11 is 0. The van der Waals surface area contributed by atoms with E-state index in [1.54, 1.807) is 6.20 Å². The molecule has 3 aliphatic heterocycles. The standard InChI is InChI=1S/C28H29N5O2/c1-19-17-33(26-10-7-20(16-29)28-22(26)4-3-11-30-28)18-27(35-19)24-9-8-21-23(31-24)5-2-6-25(21)32-12-14-34-15-13-32/h2-7,10-11,19,27H,8-9,12-15,17-18H2,1H3/t19-,27-/m1/s1. The molecule has 2 aromatic carbocycles.